The Balaban J connectivity index is 2.85. The topological polar surface area (TPSA) is 45.9 Å². The van der Waals surface area contributed by atoms with Crippen molar-refractivity contribution in [2.75, 3.05) is 0 Å². The number of nitriles is 1. The summed E-state index contributed by atoms with van der Waals surface area (Å²) in [6, 6.07) is 5.79. The molecule has 0 aromatic carbocycles. The lowest BCUT2D eigenvalue weighted by atomic mass is 10.2. The third-order valence-corrected chi connectivity index (χ3v) is 3.02. The number of halogens is 1. The third-order valence-electron chi connectivity index (χ3n) is 1.61. The molecular weight excluding hydrogens is 272 g/mol. The minimum absolute atomic E-state index is 0.551. The Hall–Kier alpha value is -0.703. The molecule has 0 saturated heterocycles. The van der Waals surface area contributed by atoms with Gasteiger partial charge in [-0.05, 0) is 47.7 Å². The molecule has 1 rings (SSSR count). The van der Waals surface area contributed by atoms with E-state index in [1.54, 1.807) is 12.3 Å². The molecule has 1 aromatic rings. The Morgan fingerprint density at radius 1 is 1.47 bits per heavy atom. The highest BCUT2D eigenvalue weighted by molar-refractivity contribution is 9.10. The Morgan fingerprint density at radius 3 is 2.53 bits per heavy atom. The number of nitrogens with zero attached hydrogens (tertiary/aromatic N) is 2. The van der Waals surface area contributed by atoms with Gasteiger partial charge in [0.1, 0.15) is 0 Å². The summed E-state index contributed by atoms with van der Waals surface area (Å²) in [6.45, 7) is 6.16. The van der Waals surface area contributed by atoms with E-state index in [9.17, 15) is 0 Å². The zero-order valence-corrected chi connectivity index (χ0v) is 11.6. The number of rotatable bonds is 3. The van der Waals surface area contributed by atoms with E-state index in [1.807, 2.05) is 6.07 Å². The smallest absolute Gasteiger partial charge is 0.186 e. The van der Waals surface area contributed by atoms with Gasteiger partial charge in [0.25, 0.3) is 0 Å². The van der Waals surface area contributed by atoms with Gasteiger partial charge in [0.05, 0.1) is 11.8 Å². The molecule has 0 aliphatic rings. The maximum atomic E-state index is 9.01. The molecule has 0 radical (unpaired) electrons. The summed E-state index contributed by atoms with van der Waals surface area (Å²) in [7, 11) is -1.71. The van der Waals surface area contributed by atoms with Gasteiger partial charge in [-0.25, -0.2) is 0 Å². The fraction of sp³-hybridized carbons (Fsp3) is 0.400. The van der Waals surface area contributed by atoms with E-state index in [0.29, 0.717) is 5.69 Å². The summed E-state index contributed by atoms with van der Waals surface area (Å²) in [5.41, 5.74) is 0.670. The van der Waals surface area contributed by atoms with Crippen molar-refractivity contribution < 1.29 is 4.43 Å². The molecule has 1 heterocycles. The van der Waals surface area contributed by atoms with E-state index in [-0.39, 0.29) is 0 Å². The van der Waals surface area contributed by atoms with Crippen molar-refractivity contribution in [3.63, 3.8) is 0 Å². The first-order valence-electron chi connectivity index (χ1n) is 4.61. The zero-order chi connectivity index (χ0) is 11.5. The van der Waals surface area contributed by atoms with Crippen LogP contribution in [0.1, 0.15) is 11.8 Å². The van der Waals surface area contributed by atoms with Crippen molar-refractivity contribution in [2.24, 2.45) is 0 Å². The highest BCUT2D eigenvalue weighted by Gasteiger charge is 2.22. The van der Waals surface area contributed by atoms with Crippen LogP contribution in [-0.4, -0.2) is 13.3 Å². The molecule has 0 aliphatic carbocycles. The van der Waals surface area contributed by atoms with Gasteiger partial charge in [-0.3, -0.25) is 4.98 Å². The summed E-state index contributed by atoms with van der Waals surface area (Å²) in [5, 5.41) is 9.01. The molecule has 0 saturated carbocycles. The molecule has 0 aliphatic heterocycles. The van der Waals surface area contributed by atoms with Crippen molar-refractivity contribution in [2.45, 2.75) is 25.7 Å². The number of pyridine rings is 1. The van der Waals surface area contributed by atoms with Crippen LogP contribution in [0, 0.1) is 11.3 Å². The lowest BCUT2D eigenvalue weighted by Gasteiger charge is -2.21. The molecule has 0 fully saturated rings. The summed E-state index contributed by atoms with van der Waals surface area (Å²) < 4.78 is 6.61. The minimum Gasteiger partial charge on any atom is -0.398 e. The second-order valence-corrected chi connectivity index (χ2v) is 9.52. The summed E-state index contributed by atoms with van der Waals surface area (Å²) >= 11 is 3.30. The molecular formula is C10H13BrN2OSi. The van der Waals surface area contributed by atoms with Crippen LogP contribution in [-0.2, 0) is 4.43 Å². The first kappa shape index (κ1) is 12.4. The van der Waals surface area contributed by atoms with Gasteiger partial charge in [-0.15, -0.1) is 0 Å². The highest BCUT2D eigenvalue weighted by atomic mass is 79.9. The van der Waals surface area contributed by atoms with Crippen molar-refractivity contribution in [1.82, 2.24) is 4.98 Å². The number of hydrogen-bond acceptors (Lipinski definition) is 3. The van der Waals surface area contributed by atoms with Crippen molar-refractivity contribution >= 4 is 24.2 Å². The number of hydrogen-bond donors (Lipinski definition) is 0. The van der Waals surface area contributed by atoms with Gasteiger partial charge in [0.15, 0.2) is 14.4 Å². The van der Waals surface area contributed by atoms with Crippen molar-refractivity contribution in [3.05, 3.63) is 28.5 Å². The average Bonchev–Trinajstić information content (AvgIpc) is 2.14. The SMILES string of the molecule is C[Si](C)(C)OC(C#N)c1ccc(Br)cn1. The van der Waals surface area contributed by atoms with E-state index in [1.165, 1.54) is 0 Å². The van der Waals surface area contributed by atoms with Crippen LogP contribution in [0.5, 0.6) is 0 Å². The van der Waals surface area contributed by atoms with Crippen LogP contribution < -0.4 is 0 Å². The second-order valence-electron chi connectivity index (χ2n) is 4.14. The Kier molecular flexibility index (Phi) is 4.02. The molecule has 80 valence electrons. The zero-order valence-electron chi connectivity index (χ0n) is 8.99. The summed E-state index contributed by atoms with van der Waals surface area (Å²) in [6.07, 6.45) is 1.12. The van der Waals surface area contributed by atoms with Gasteiger partial charge < -0.3 is 4.43 Å². The van der Waals surface area contributed by atoms with Gasteiger partial charge in [-0.1, -0.05) is 0 Å². The third kappa shape index (κ3) is 4.12. The Morgan fingerprint density at radius 2 is 2.13 bits per heavy atom. The Labute approximate surface area is 99.4 Å². The molecule has 5 heteroatoms. The number of aromatic nitrogens is 1. The van der Waals surface area contributed by atoms with Gasteiger partial charge in [-0.2, -0.15) is 5.26 Å². The minimum atomic E-state index is -1.71. The van der Waals surface area contributed by atoms with Crippen molar-refractivity contribution in [1.29, 1.82) is 5.26 Å². The molecule has 0 spiro atoms. The maximum absolute atomic E-state index is 9.01. The lowest BCUT2D eigenvalue weighted by Crippen LogP contribution is -2.27. The Bertz CT molecular complexity index is 366. The van der Waals surface area contributed by atoms with E-state index in [4.69, 9.17) is 9.69 Å². The van der Waals surface area contributed by atoms with Crippen LogP contribution in [0.15, 0.2) is 22.8 Å². The van der Waals surface area contributed by atoms with Crippen LogP contribution in [0.3, 0.4) is 0 Å². The molecule has 3 nitrogen and oxygen atoms in total. The van der Waals surface area contributed by atoms with Gasteiger partial charge in [0, 0.05) is 10.7 Å². The van der Waals surface area contributed by atoms with E-state index < -0.39 is 14.4 Å². The quantitative estimate of drug-likeness (QED) is 0.801. The van der Waals surface area contributed by atoms with Crippen LogP contribution in [0.2, 0.25) is 19.6 Å². The van der Waals surface area contributed by atoms with Crippen LogP contribution in [0.25, 0.3) is 0 Å². The molecule has 0 N–H and O–H groups in total. The van der Waals surface area contributed by atoms with Crippen LogP contribution >= 0.6 is 15.9 Å². The predicted molar refractivity (Wildman–Crippen MR) is 64.7 cm³/mol. The van der Waals surface area contributed by atoms with Gasteiger partial charge in [0.2, 0.25) is 0 Å². The predicted octanol–water partition coefficient (Wildman–Crippen LogP) is 3.26. The van der Waals surface area contributed by atoms with E-state index >= 15 is 0 Å². The maximum Gasteiger partial charge on any atom is 0.186 e. The average molecular weight is 285 g/mol. The first-order valence-corrected chi connectivity index (χ1v) is 8.81. The molecule has 0 bridgehead atoms. The van der Waals surface area contributed by atoms with E-state index in [2.05, 4.69) is 46.6 Å². The molecule has 1 atom stereocenters. The van der Waals surface area contributed by atoms with Gasteiger partial charge >= 0.3 is 0 Å². The lowest BCUT2D eigenvalue weighted by molar-refractivity contribution is 0.250. The fourth-order valence-corrected chi connectivity index (χ4v) is 2.16. The summed E-state index contributed by atoms with van der Waals surface area (Å²) in [5.74, 6) is 0. The fourth-order valence-electron chi connectivity index (χ4n) is 1.05. The van der Waals surface area contributed by atoms with Crippen LogP contribution in [0.4, 0.5) is 0 Å². The summed E-state index contributed by atoms with van der Waals surface area (Å²) in [4.78, 5) is 4.16. The van der Waals surface area contributed by atoms with Crippen molar-refractivity contribution in [3.8, 4) is 6.07 Å². The molecule has 1 unspecified atom stereocenters. The molecule has 15 heavy (non-hydrogen) atoms. The van der Waals surface area contributed by atoms with E-state index in [0.717, 1.165) is 4.47 Å². The molecule has 0 amide bonds. The molecule has 1 aromatic heterocycles. The highest BCUT2D eigenvalue weighted by Crippen LogP contribution is 2.20. The largest absolute Gasteiger partial charge is 0.398 e. The standard InChI is InChI=1S/C10H13BrN2OSi/c1-15(2,3)14-10(6-12)9-5-4-8(11)7-13-9/h4-5,7,10H,1-3H3. The monoisotopic (exact) mass is 284 g/mol. The first-order chi connectivity index (χ1) is 6.92. The second kappa shape index (κ2) is 4.88. The normalized spacial score (nSPS) is 13.3.